The molecule has 0 spiro atoms. The number of rotatable bonds is 3. The van der Waals surface area contributed by atoms with E-state index in [9.17, 15) is 4.79 Å². The van der Waals surface area contributed by atoms with Crippen molar-refractivity contribution in [3.8, 4) is 5.69 Å². The highest BCUT2D eigenvalue weighted by Crippen LogP contribution is 2.22. The first kappa shape index (κ1) is 15.9. The highest BCUT2D eigenvalue weighted by Gasteiger charge is 2.25. The van der Waals surface area contributed by atoms with Crippen LogP contribution in [0.1, 0.15) is 13.8 Å². The van der Waals surface area contributed by atoms with E-state index >= 15 is 0 Å². The van der Waals surface area contributed by atoms with Crippen molar-refractivity contribution >= 4 is 23.5 Å². The molecule has 1 saturated heterocycles. The lowest BCUT2D eigenvalue weighted by Crippen LogP contribution is -2.50. The van der Waals surface area contributed by atoms with E-state index in [1.54, 1.807) is 6.20 Å². The van der Waals surface area contributed by atoms with Crippen molar-refractivity contribution in [2.45, 2.75) is 13.8 Å². The Morgan fingerprint density at radius 2 is 1.96 bits per heavy atom. The topological polar surface area (TPSA) is 41.4 Å². The molecule has 1 aliphatic rings. The zero-order chi connectivity index (χ0) is 16.4. The number of carbonyl (C=O) groups is 1. The molecule has 1 aliphatic heterocycles. The molecule has 1 fully saturated rings. The minimum atomic E-state index is 0.0509. The largest absolute Gasteiger partial charge is 0.339 e. The number of nitrogens with zero attached hydrogens (tertiary/aromatic N) is 4. The van der Waals surface area contributed by atoms with E-state index in [-0.39, 0.29) is 11.8 Å². The second-order valence-electron chi connectivity index (χ2n) is 6.04. The Balaban J connectivity index is 1.75. The molecule has 0 bridgehead atoms. The number of halogens is 1. The van der Waals surface area contributed by atoms with Crippen molar-refractivity contribution in [1.82, 2.24) is 14.5 Å². The minimum absolute atomic E-state index is 0.0509. The lowest BCUT2D eigenvalue weighted by Gasteiger charge is -2.36. The molecule has 1 aromatic heterocycles. The van der Waals surface area contributed by atoms with Crippen LogP contribution in [0.15, 0.2) is 36.7 Å². The van der Waals surface area contributed by atoms with Crippen LogP contribution in [-0.4, -0.2) is 46.5 Å². The molecular weight excluding hydrogens is 312 g/mol. The molecule has 23 heavy (non-hydrogen) atoms. The third-order valence-electron chi connectivity index (χ3n) is 4.08. The molecule has 0 unspecified atom stereocenters. The number of hydrogen-bond acceptors (Lipinski definition) is 3. The Kier molecular flexibility index (Phi) is 4.57. The van der Waals surface area contributed by atoms with Crippen LogP contribution in [0.3, 0.4) is 0 Å². The molecule has 5 nitrogen and oxygen atoms in total. The molecule has 0 atom stereocenters. The van der Waals surface area contributed by atoms with Crippen LogP contribution >= 0.6 is 11.6 Å². The van der Waals surface area contributed by atoms with Gasteiger partial charge in [0.15, 0.2) is 0 Å². The summed E-state index contributed by atoms with van der Waals surface area (Å²) >= 11 is 6.09. The maximum absolute atomic E-state index is 12.1. The van der Waals surface area contributed by atoms with E-state index in [2.05, 4.69) is 9.88 Å². The average molecular weight is 333 g/mol. The molecule has 0 radical (unpaired) electrons. The summed E-state index contributed by atoms with van der Waals surface area (Å²) in [6.07, 6.45) is 3.73. The zero-order valence-corrected chi connectivity index (χ0v) is 14.2. The highest BCUT2D eigenvalue weighted by atomic mass is 35.5. The van der Waals surface area contributed by atoms with Crippen LogP contribution in [-0.2, 0) is 4.79 Å². The Bertz CT molecular complexity index is 689. The summed E-state index contributed by atoms with van der Waals surface area (Å²) in [5.74, 6) is 1.17. The Hall–Kier alpha value is -2.01. The van der Waals surface area contributed by atoms with Crippen LogP contribution in [0.25, 0.3) is 5.69 Å². The van der Waals surface area contributed by atoms with Gasteiger partial charge in [0.1, 0.15) is 0 Å². The van der Waals surface area contributed by atoms with Crippen LogP contribution in [0.4, 0.5) is 5.95 Å². The van der Waals surface area contributed by atoms with Gasteiger partial charge in [-0.1, -0.05) is 31.5 Å². The molecule has 2 heterocycles. The van der Waals surface area contributed by atoms with Crippen LogP contribution in [0.2, 0.25) is 5.02 Å². The number of carbonyl (C=O) groups excluding carboxylic acids is 1. The molecule has 0 saturated carbocycles. The fourth-order valence-corrected chi connectivity index (χ4v) is 3.03. The summed E-state index contributed by atoms with van der Waals surface area (Å²) < 4.78 is 2.03. The highest BCUT2D eigenvalue weighted by molar-refractivity contribution is 6.30. The van der Waals surface area contributed by atoms with Gasteiger partial charge in [0.2, 0.25) is 11.9 Å². The normalized spacial score (nSPS) is 15.3. The van der Waals surface area contributed by atoms with Gasteiger partial charge in [-0.25, -0.2) is 4.98 Å². The summed E-state index contributed by atoms with van der Waals surface area (Å²) in [6.45, 7) is 6.94. The van der Waals surface area contributed by atoms with E-state index in [0.717, 1.165) is 37.8 Å². The number of benzene rings is 1. The van der Waals surface area contributed by atoms with Crippen LogP contribution in [0.5, 0.6) is 0 Å². The third-order valence-corrected chi connectivity index (χ3v) is 4.31. The van der Waals surface area contributed by atoms with Gasteiger partial charge in [0.25, 0.3) is 0 Å². The molecule has 122 valence electrons. The summed E-state index contributed by atoms with van der Waals surface area (Å²) in [4.78, 5) is 20.7. The summed E-state index contributed by atoms with van der Waals surface area (Å²) in [5, 5.41) is 0.703. The predicted molar refractivity (Wildman–Crippen MR) is 92.2 cm³/mol. The summed E-state index contributed by atoms with van der Waals surface area (Å²) in [7, 11) is 0. The lowest BCUT2D eigenvalue weighted by atomic mass is 10.1. The van der Waals surface area contributed by atoms with Crippen molar-refractivity contribution in [1.29, 1.82) is 0 Å². The molecule has 2 aromatic rings. The van der Waals surface area contributed by atoms with E-state index in [1.807, 2.05) is 53.8 Å². The van der Waals surface area contributed by atoms with Crippen molar-refractivity contribution in [3.63, 3.8) is 0 Å². The van der Waals surface area contributed by atoms with E-state index in [0.29, 0.717) is 5.02 Å². The van der Waals surface area contributed by atoms with Gasteiger partial charge >= 0.3 is 0 Å². The second kappa shape index (κ2) is 6.62. The van der Waals surface area contributed by atoms with Gasteiger partial charge in [0.05, 0.1) is 0 Å². The Labute approximate surface area is 141 Å². The smallest absolute Gasteiger partial charge is 0.225 e. The number of imidazole rings is 1. The van der Waals surface area contributed by atoms with Gasteiger partial charge in [-0.3, -0.25) is 9.36 Å². The lowest BCUT2D eigenvalue weighted by molar-refractivity contribution is -0.134. The maximum Gasteiger partial charge on any atom is 0.225 e. The monoisotopic (exact) mass is 332 g/mol. The van der Waals surface area contributed by atoms with Gasteiger partial charge in [-0.05, 0) is 18.2 Å². The summed E-state index contributed by atoms with van der Waals surface area (Å²) in [5.41, 5.74) is 0.991. The van der Waals surface area contributed by atoms with Gasteiger partial charge in [-0.2, -0.15) is 0 Å². The minimum Gasteiger partial charge on any atom is -0.339 e. The van der Waals surface area contributed by atoms with Crippen molar-refractivity contribution < 1.29 is 4.79 Å². The third kappa shape index (κ3) is 3.34. The van der Waals surface area contributed by atoms with Crippen molar-refractivity contribution in [2.75, 3.05) is 31.1 Å². The molecule has 0 aliphatic carbocycles. The second-order valence-corrected chi connectivity index (χ2v) is 6.48. The van der Waals surface area contributed by atoms with Gasteiger partial charge in [-0.15, -0.1) is 0 Å². The average Bonchev–Trinajstić information content (AvgIpc) is 3.04. The zero-order valence-electron chi connectivity index (χ0n) is 13.4. The SMILES string of the molecule is CC(C)C(=O)N1CCN(c2nccn2-c2cccc(Cl)c2)CC1. The van der Waals surface area contributed by atoms with Crippen LogP contribution < -0.4 is 4.90 Å². The first-order chi connectivity index (χ1) is 11.1. The molecule has 0 N–H and O–H groups in total. The van der Waals surface area contributed by atoms with E-state index in [1.165, 1.54) is 0 Å². The van der Waals surface area contributed by atoms with Crippen molar-refractivity contribution in [2.24, 2.45) is 5.92 Å². The number of aromatic nitrogens is 2. The summed E-state index contributed by atoms with van der Waals surface area (Å²) in [6, 6.07) is 7.72. The quantitative estimate of drug-likeness (QED) is 0.868. The Morgan fingerprint density at radius 1 is 1.22 bits per heavy atom. The van der Waals surface area contributed by atoms with Gasteiger partial charge in [0, 0.05) is 55.2 Å². The van der Waals surface area contributed by atoms with Gasteiger partial charge < -0.3 is 9.80 Å². The molecule has 1 aromatic carbocycles. The molecule has 6 heteroatoms. The molecular formula is C17H21ClN4O. The predicted octanol–water partition coefficient (Wildman–Crippen LogP) is 2.83. The Morgan fingerprint density at radius 3 is 2.61 bits per heavy atom. The number of hydrogen-bond donors (Lipinski definition) is 0. The molecule has 1 amide bonds. The fraction of sp³-hybridized carbons (Fsp3) is 0.412. The van der Waals surface area contributed by atoms with Crippen molar-refractivity contribution in [3.05, 3.63) is 41.7 Å². The number of amides is 1. The maximum atomic E-state index is 12.1. The first-order valence-electron chi connectivity index (χ1n) is 7.89. The van der Waals surface area contributed by atoms with Crippen LogP contribution in [0, 0.1) is 5.92 Å². The number of piperazine rings is 1. The van der Waals surface area contributed by atoms with E-state index < -0.39 is 0 Å². The van der Waals surface area contributed by atoms with E-state index in [4.69, 9.17) is 11.6 Å². The molecule has 3 rings (SSSR count). The fourth-order valence-electron chi connectivity index (χ4n) is 2.85. The first-order valence-corrected chi connectivity index (χ1v) is 8.27. The standard InChI is InChI=1S/C17H21ClN4O/c1-13(2)16(23)20-8-10-21(11-9-20)17-19-6-7-22(17)15-5-3-4-14(18)12-15/h3-7,12-13H,8-11H2,1-2H3. The number of anilines is 1.